The van der Waals surface area contributed by atoms with Crippen molar-refractivity contribution in [3.63, 3.8) is 0 Å². The summed E-state index contributed by atoms with van der Waals surface area (Å²) in [4.78, 5) is 14.2. The molecule has 5 nitrogen and oxygen atoms in total. The zero-order chi connectivity index (χ0) is 16.1. The number of nitrogens with one attached hydrogen (secondary N) is 1. The van der Waals surface area contributed by atoms with Gasteiger partial charge in [0, 0.05) is 19.2 Å². The Bertz CT molecular complexity index is 639. The second-order valence-corrected chi connectivity index (χ2v) is 6.12. The van der Waals surface area contributed by atoms with E-state index >= 15 is 0 Å². The van der Waals surface area contributed by atoms with Gasteiger partial charge >= 0.3 is 6.03 Å². The van der Waals surface area contributed by atoms with E-state index < -0.39 is 0 Å². The summed E-state index contributed by atoms with van der Waals surface area (Å²) in [5.41, 5.74) is 2.21. The van der Waals surface area contributed by atoms with Gasteiger partial charge in [-0.05, 0) is 37.7 Å². The Kier molecular flexibility index (Phi) is 4.95. The molecule has 23 heavy (non-hydrogen) atoms. The number of urea groups is 1. The number of amides is 2. The van der Waals surface area contributed by atoms with Gasteiger partial charge in [-0.25, -0.2) is 4.79 Å². The van der Waals surface area contributed by atoms with Crippen LogP contribution < -0.4 is 5.32 Å². The standard InChI is InChI=1S/C18H23N3O2/c1-14-12-17(23-20-14)13-19-18(22)21-10-5-8-16(9-11-21)15-6-3-2-4-7-15/h2-4,6-7,12,16H,5,8-11,13H2,1H3,(H,19,22). The van der Waals surface area contributed by atoms with Gasteiger partial charge < -0.3 is 14.7 Å². The minimum absolute atomic E-state index is 0.0206. The van der Waals surface area contributed by atoms with Gasteiger partial charge in [-0.1, -0.05) is 35.5 Å². The van der Waals surface area contributed by atoms with Crippen molar-refractivity contribution in [2.24, 2.45) is 0 Å². The molecule has 1 saturated heterocycles. The number of aromatic nitrogens is 1. The summed E-state index contributed by atoms with van der Waals surface area (Å²) < 4.78 is 5.12. The Labute approximate surface area is 136 Å². The van der Waals surface area contributed by atoms with Crippen LogP contribution in [0.4, 0.5) is 4.79 Å². The van der Waals surface area contributed by atoms with Crippen LogP contribution in [-0.4, -0.2) is 29.2 Å². The SMILES string of the molecule is Cc1cc(CNC(=O)N2CCCC(c3ccccc3)CC2)on1. The van der Waals surface area contributed by atoms with Crippen LogP contribution in [0.1, 0.15) is 42.2 Å². The Hall–Kier alpha value is -2.30. The molecular formula is C18H23N3O2. The Morgan fingerprint density at radius 1 is 1.30 bits per heavy atom. The third kappa shape index (κ3) is 4.12. The molecule has 3 rings (SSSR count). The summed E-state index contributed by atoms with van der Waals surface area (Å²) in [6.45, 7) is 3.86. The van der Waals surface area contributed by atoms with Gasteiger partial charge in [-0.2, -0.15) is 0 Å². The molecule has 0 bridgehead atoms. The summed E-state index contributed by atoms with van der Waals surface area (Å²) in [5, 5.41) is 6.74. The van der Waals surface area contributed by atoms with Crippen LogP contribution in [0.5, 0.6) is 0 Å². The van der Waals surface area contributed by atoms with E-state index in [1.165, 1.54) is 5.56 Å². The molecule has 2 heterocycles. The van der Waals surface area contributed by atoms with Crippen LogP contribution in [0.2, 0.25) is 0 Å². The summed E-state index contributed by atoms with van der Waals surface area (Å²) in [6, 6.07) is 12.4. The van der Waals surface area contributed by atoms with Gasteiger partial charge in [0.2, 0.25) is 0 Å². The van der Waals surface area contributed by atoms with E-state index in [1.54, 1.807) is 0 Å². The molecule has 1 aromatic carbocycles. The largest absolute Gasteiger partial charge is 0.359 e. The average molecular weight is 313 g/mol. The van der Waals surface area contributed by atoms with E-state index in [1.807, 2.05) is 24.0 Å². The molecule has 0 radical (unpaired) electrons. The minimum Gasteiger partial charge on any atom is -0.359 e. The van der Waals surface area contributed by atoms with Gasteiger partial charge in [0.05, 0.1) is 12.2 Å². The highest BCUT2D eigenvalue weighted by Gasteiger charge is 2.21. The highest BCUT2D eigenvalue weighted by molar-refractivity contribution is 5.74. The van der Waals surface area contributed by atoms with Gasteiger partial charge in [0.15, 0.2) is 5.76 Å². The molecular weight excluding hydrogens is 290 g/mol. The molecule has 1 N–H and O–H groups in total. The van der Waals surface area contributed by atoms with E-state index in [4.69, 9.17) is 4.52 Å². The first-order valence-electron chi connectivity index (χ1n) is 8.22. The summed E-state index contributed by atoms with van der Waals surface area (Å²) in [5.74, 6) is 1.23. The second-order valence-electron chi connectivity index (χ2n) is 6.12. The summed E-state index contributed by atoms with van der Waals surface area (Å²) >= 11 is 0. The summed E-state index contributed by atoms with van der Waals surface area (Å²) in [7, 11) is 0. The van der Waals surface area contributed by atoms with Crippen molar-refractivity contribution in [2.75, 3.05) is 13.1 Å². The smallest absolute Gasteiger partial charge is 0.317 e. The number of hydrogen-bond acceptors (Lipinski definition) is 3. The lowest BCUT2D eigenvalue weighted by Crippen LogP contribution is -2.40. The number of nitrogens with zero attached hydrogens (tertiary/aromatic N) is 2. The monoisotopic (exact) mass is 313 g/mol. The van der Waals surface area contributed by atoms with Gasteiger partial charge in [-0.15, -0.1) is 0 Å². The number of rotatable bonds is 3. The Morgan fingerprint density at radius 2 is 2.13 bits per heavy atom. The molecule has 1 aliphatic rings. The zero-order valence-electron chi connectivity index (χ0n) is 13.5. The first-order valence-corrected chi connectivity index (χ1v) is 8.22. The highest BCUT2D eigenvalue weighted by Crippen LogP contribution is 2.27. The molecule has 122 valence electrons. The number of likely N-dealkylation sites (tertiary alicyclic amines) is 1. The number of benzene rings is 1. The molecule has 1 atom stereocenters. The zero-order valence-corrected chi connectivity index (χ0v) is 13.5. The molecule has 0 aliphatic carbocycles. The summed E-state index contributed by atoms with van der Waals surface area (Å²) in [6.07, 6.45) is 3.18. The minimum atomic E-state index is -0.0206. The molecule has 2 aromatic rings. The van der Waals surface area contributed by atoms with E-state index in [-0.39, 0.29) is 6.03 Å². The lowest BCUT2D eigenvalue weighted by Gasteiger charge is -2.21. The number of carbonyl (C=O) groups excluding carboxylic acids is 1. The van der Waals surface area contributed by atoms with Crippen LogP contribution in [0, 0.1) is 6.92 Å². The third-order valence-electron chi connectivity index (χ3n) is 4.38. The first kappa shape index (κ1) is 15.6. The molecule has 1 unspecified atom stereocenters. The van der Waals surface area contributed by atoms with Crippen molar-refractivity contribution in [2.45, 2.75) is 38.6 Å². The van der Waals surface area contributed by atoms with Crippen molar-refractivity contribution in [3.05, 3.63) is 53.4 Å². The molecule has 5 heteroatoms. The average Bonchev–Trinajstić information content (AvgIpc) is 2.85. The van der Waals surface area contributed by atoms with E-state index in [0.29, 0.717) is 18.2 Å². The van der Waals surface area contributed by atoms with Crippen LogP contribution in [-0.2, 0) is 6.54 Å². The molecule has 1 aromatic heterocycles. The van der Waals surface area contributed by atoms with Gasteiger partial charge in [0.1, 0.15) is 0 Å². The maximum Gasteiger partial charge on any atom is 0.317 e. The van der Waals surface area contributed by atoms with Crippen molar-refractivity contribution in [1.82, 2.24) is 15.4 Å². The quantitative estimate of drug-likeness (QED) is 0.944. The van der Waals surface area contributed by atoms with E-state index in [0.717, 1.165) is 38.0 Å². The fourth-order valence-corrected chi connectivity index (χ4v) is 3.13. The normalized spacial score (nSPS) is 18.5. The number of carbonyl (C=O) groups is 1. The third-order valence-corrected chi connectivity index (χ3v) is 4.38. The van der Waals surface area contributed by atoms with Crippen LogP contribution in [0.3, 0.4) is 0 Å². The number of aryl methyl sites for hydroxylation is 1. The van der Waals surface area contributed by atoms with Gasteiger partial charge in [0.25, 0.3) is 0 Å². The predicted molar refractivity (Wildman–Crippen MR) is 88.1 cm³/mol. The first-order chi connectivity index (χ1) is 11.2. The fourth-order valence-electron chi connectivity index (χ4n) is 3.13. The Morgan fingerprint density at radius 3 is 2.87 bits per heavy atom. The Balaban J connectivity index is 1.52. The fraction of sp³-hybridized carbons (Fsp3) is 0.444. The van der Waals surface area contributed by atoms with Crippen molar-refractivity contribution < 1.29 is 9.32 Å². The lowest BCUT2D eigenvalue weighted by atomic mass is 9.92. The lowest BCUT2D eigenvalue weighted by molar-refractivity contribution is 0.197. The van der Waals surface area contributed by atoms with Crippen LogP contribution >= 0.6 is 0 Å². The number of hydrogen-bond donors (Lipinski definition) is 1. The van der Waals surface area contributed by atoms with Crippen LogP contribution in [0.15, 0.2) is 40.9 Å². The second kappa shape index (κ2) is 7.31. The van der Waals surface area contributed by atoms with E-state index in [2.05, 4.69) is 34.7 Å². The maximum absolute atomic E-state index is 12.3. The van der Waals surface area contributed by atoms with E-state index in [9.17, 15) is 4.79 Å². The molecule has 2 amide bonds. The van der Waals surface area contributed by atoms with Crippen molar-refractivity contribution in [3.8, 4) is 0 Å². The molecule has 1 aliphatic heterocycles. The van der Waals surface area contributed by atoms with Crippen LogP contribution in [0.25, 0.3) is 0 Å². The van der Waals surface area contributed by atoms with Gasteiger partial charge in [-0.3, -0.25) is 0 Å². The molecule has 0 saturated carbocycles. The molecule has 1 fully saturated rings. The van der Waals surface area contributed by atoms with Crippen molar-refractivity contribution >= 4 is 6.03 Å². The highest BCUT2D eigenvalue weighted by atomic mass is 16.5. The maximum atomic E-state index is 12.3. The van der Waals surface area contributed by atoms with Crippen molar-refractivity contribution in [1.29, 1.82) is 0 Å². The topological polar surface area (TPSA) is 58.4 Å². The predicted octanol–water partition coefficient (Wildman–Crippen LogP) is 3.46. The molecule has 0 spiro atoms.